The second kappa shape index (κ2) is 17.4. The number of non-ortho nitro benzene ring substituents is 1. The smallest absolute Gasteiger partial charge is 0.336 e. The predicted molar refractivity (Wildman–Crippen MR) is 181 cm³/mol. The summed E-state index contributed by atoms with van der Waals surface area (Å²) >= 11 is 0. The number of halogens is 1. The molecule has 0 radical (unpaired) electrons. The third-order valence-electron chi connectivity index (χ3n) is 7.47. The largest absolute Gasteiger partial charge is 0.545 e. The van der Waals surface area contributed by atoms with Gasteiger partial charge in [-0.2, -0.15) is 4.31 Å². The number of hydrogen-bond acceptors (Lipinski definition) is 13. The number of carbonyl (C=O) groups is 2. The number of aliphatic hydroxyl groups excluding tert-OH is 1. The van der Waals surface area contributed by atoms with E-state index in [1.165, 1.54) is 32.2 Å². The van der Waals surface area contributed by atoms with Crippen molar-refractivity contribution in [1.82, 2.24) is 14.9 Å². The number of benzene rings is 2. The van der Waals surface area contributed by atoms with E-state index in [2.05, 4.69) is 10.6 Å². The molecule has 1 aliphatic rings. The van der Waals surface area contributed by atoms with Crippen molar-refractivity contribution >= 4 is 40.1 Å². The maximum absolute atomic E-state index is 13.1. The van der Waals surface area contributed by atoms with Crippen molar-refractivity contribution in [2.75, 3.05) is 46.2 Å². The highest BCUT2D eigenvalue weighted by Crippen LogP contribution is 2.40. The molecule has 2 aromatic rings. The van der Waals surface area contributed by atoms with Crippen LogP contribution in [0.15, 0.2) is 71.1 Å². The van der Waals surface area contributed by atoms with Gasteiger partial charge >= 0.3 is 5.97 Å². The van der Waals surface area contributed by atoms with E-state index in [9.17, 15) is 38.3 Å². The number of para-hydroxylation sites is 2. The van der Waals surface area contributed by atoms with Crippen LogP contribution in [0.1, 0.15) is 39.2 Å². The van der Waals surface area contributed by atoms with Crippen LogP contribution in [-0.2, 0) is 24.3 Å². The van der Waals surface area contributed by atoms with Gasteiger partial charge in [0.2, 0.25) is 10.0 Å². The Morgan fingerprint density at radius 1 is 1.14 bits per heavy atom. The van der Waals surface area contributed by atoms with Crippen molar-refractivity contribution in [2.24, 2.45) is 0 Å². The number of nitrogens with one attached hydrogen (secondary N) is 2. The van der Waals surface area contributed by atoms with E-state index in [-0.39, 0.29) is 66.9 Å². The fraction of sp³-hybridized carbons (Fsp3) is 0.438. The van der Waals surface area contributed by atoms with E-state index in [1.807, 2.05) is 0 Å². The number of sulfonamides is 1. The van der Waals surface area contributed by atoms with Gasteiger partial charge in [0.05, 0.1) is 43.0 Å². The van der Waals surface area contributed by atoms with Crippen LogP contribution >= 0.6 is 12.4 Å². The summed E-state index contributed by atoms with van der Waals surface area (Å²) in [7, 11) is -2.49. The van der Waals surface area contributed by atoms with Crippen molar-refractivity contribution < 1.29 is 47.4 Å². The van der Waals surface area contributed by atoms with E-state index in [1.54, 1.807) is 45.0 Å². The highest BCUT2D eigenvalue weighted by molar-refractivity contribution is 7.88. The molecule has 2 aromatic carbocycles. The van der Waals surface area contributed by atoms with Gasteiger partial charge in [0, 0.05) is 53.6 Å². The van der Waals surface area contributed by atoms with Crippen LogP contribution in [-0.4, -0.2) is 92.5 Å². The van der Waals surface area contributed by atoms with Gasteiger partial charge in [0.1, 0.15) is 12.7 Å². The number of methoxy groups -OCH3 is 1. The van der Waals surface area contributed by atoms with Gasteiger partial charge in [0.15, 0.2) is 11.5 Å². The first-order valence-electron chi connectivity index (χ1n) is 15.0. The van der Waals surface area contributed by atoms with E-state index in [4.69, 9.17) is 14.2 Å². The first-order valence-corrected chi connectivity index (χ1v) is 16.8. The Bertz CT molecular complexity index is 1700. The van der Waals surface area contributed by atoms with Crippen molar-refractivity contribution in [2.45, 2.75) is 45.3 Å². The molecule has 49 heavy (non-hydrogen) atoms. The van der Waals surface area contributed by atoms with Crippen LogP contribution in [0, 0.1) is 10.1 Å². The number of dihydropyridines is 1. The highest BCUT2D eigenvalue weighted by Gasteiger charge is 2.38. The normalized spacial score (nSPS) is 15.6. The minimum absolute atomic E-state index is 0. The molecule has 0 aromatic heterocycles. The quantitative estimate of drug-likeness (QED) is 0.120. The van der Waals surface area contributed by atoms with Gasteiger partial charge in [0.25, 0.3) is 5.69 Å². The molecule has 0 aliphatic carbocycles. The van der Waals surface area contributed by atoms with Crippen LogP contribution in [0.2, 0.25) is 0 Å². The molecule has 0 fully saturated rings. The molecule has 0 spiro atoms. The van der Waals surface area contributed by atoms with E-state index >= 15 is 0 Å². The number of aliphatic carboxylic acids is 1. The van der Waals surface area contributed by atoms with E-state index in [0.29, 0.717) is 11.5 Å². The Labute approximate surface area is 291 Å². The third kappa shape index (κ3) is 10.9. The van der Waals surface area contributed by atoms with Gasteiger partial charge in [-0.05, 0) is 45.4 Å². The van der Waals surface area contributed by atoms with Gasteiger partial charge in [-0.15, -0.1) is 12.4 Å². The molecule has 0 saturated carbocycles. The predicted octanol–water partition coefficient (Wildman–Crippen LogP) is 1.62. The van der Waals surface area contributed by atoms with Crippen LogP contribution in [0.5, 0.6) is 11.5 Å². The molecule has 0 bridgehead atoms. The average molecular weight is 726 g/mol. The fourth-order valence-corrected chi connectivity index (χ4v) is 6.15. The summed E-state index contributed by atoms with van der Waals surface area (Å²) in [6.07, 6.45) is -0.0238. The zero-order valence-corrected chi connectivity index (χ0v) is 29.7. The summed E-state index contributed by atoms with van der Waals surface area (Å²) < 4.78 is 43.3. The van der Waals surface area contributed by atoms with Crippen molar-refractivity contribution in [3.05, 3.63) is 86.7 Å². The van der Waals surface area contributed by atoms with Gasteiger partial charge in [-0.3, -0.25) is 10.1 Å². The lowest BCUT2D eigenvalue weighted by Crippen LogP contribution is -2.54. The van der Waals surface area contributed by atoms with Crippen LogP contribution in [0.25, 0.3) is 0 Å². The molecule has 2 atom stereocenters. The fourth-order valence-electron chi connectivity index (χ4n) is 5.23. The number of nitro benzene ring substituents is 1. The summed E-state index contributed by atoms with van der Waals surface area (Å²) in [6.45, 7) is 5.72. The topological polar surface area (TPSA) is 210 Å². The SMILES string of the molecule is CCOC(=O)C1=C(C)NC(CN(CC(C)(C)NCC(O)COc2ccccc2OC)S(C)(=O)=O)=C(C(=O)[O-])C1c1cccc([N+](=O)[O-])c1.Cl. The number of nitro groups is 1. The summed E-state index contributed by atoms with van der Waals surface area (Å²) in [6, 6.07) is 12.1. The minimum atomic E-state index is -3.99. The Balaban J connectivity index is 0.00000833. The van der Waals surface area contributed by atoms with Gasteiger partial charge in [-0.25, -0.2) is 13.2 Å². The summed E-state index contributed by atoms with van der Waals surface area (Å²) in [4.78, 5) is 36.7. The van der Waals surface area contributed by atoms with Gasteiger partial charge < -0.3 is 39.9 Å². The molecule has 270 valence electrons. The number of carbonyl (C=O) groups excluding carboxylic acids is 2. The molecule has 0 saturated heterocycles. The Kier molecular flexibility index (Phi) is 14.6. The lowest BCUT2D eigenvalue weighted by atomic mass is 9.80. The molecule has 2 unspecified atom stereocenters. The molecule has 17 heteroatoms. The lowest BCUT2D eigenvalue weighted by molar-refractivity contribution is -0.384. The minimum Gasteiger partial charge on any atom is -0.545 e. The Morgan fingerprint density at radius 3 is 2.37 bits per heavy atom. The number of carboxylic acids is 1. The number of hydrogen-bond donors (Lipinski definition) is 3. The van der Waals surface area contributed by atoms with Crippen LogP contribution in [0.3, 0.4) is 0 Å². The van der Waals surface area contributed by atoms with E-state index in [0.717, 1.165) is 16.6 Å². The third-order valence-corrected chi connectivity index (χ3v) is 8.66. The second-order valence-corrected chi connectivity index (χ2v) is 13.7. The Morgan fingerprint density at radius 2 is 1.80 bits per heavy atom. The molecule has 15 nitrogen and oxygen atoms in total. The zero-order valence-electron chi connectivity index (χ0n) is 28.0. The summed E-state index contributed by atoms with van der Waals surface area (Å²) in [5.74, 6) is -3.01. The van der Waals surface area contributed by atoms with Crippen molar-refractivity contribution in [1.29, 1.82) is 0 Å². The molecule has 3 N–H and O–H groups in total. The van der Waals surface area contributed by atoms with E-state index < -0.39 is 56.6 Å². The molecule has 3 rings (SSSR count). The first-order chi connectivity index (χ1) is 22.5. The molecule has 1 aliphatic heterocycles. The summed E-state index contributed by atoms with van der Waals surface area (Å²) in [5.41, 5.74) is -1.71. The van der Waals surface area contributed by atoms with Crippen LogP contribution in [0.4, 0.5) is 5.69 Å². The standard InChI is InChI=1S/C32H42N4O11S.ClH/c1-7-46-31(40)27-20(2)34-24(29(30(38)39)28(27)21-11-10-12-22(15-21)36(41)42)17-35(48(6,43)44)19-32(3,4)33-16-23(37)18-47-26-14-9-8-13-25(26)45-5;/h8-15,23,28,33-34,37H,7,16-19H2,1-6H3,(H,38,39);1H/p-1. The molecular formula is C32H42ClN4O11S-. The number of rotatable bonds is 17. The van der Waals surface area contributed by atoms with Crippen molar-refractivity contribution in [3.63, 3.8) is 0 Å². The lowest BCUT2D eigenvalue weighted by Gasteiger charge is -2.37. The number of aliphatic hydroxyl groups is 1. The zero-order chi connectivity index (χ0) is 35.8. The number of carboxylic acid groups (broad SMARTS) is 1. The number of esters is 1. The molecule has 0 amide bonds. The number of allylic oxidation sites excluding steroid dienone is 1. The second-order valence-electron chi connectivity index (χ2n) is 11.8. The maximum Gasteiger partial charge on any atom is 0.336 e. The number of nitrogens with zero attached hydrogens (tertiary/aromatic N) is 2. The van der Waals surface area contributed by atoms with Crippen LogP contribution < -0.4 is 25.2 Å². The first kappa shape index (κ1) is 41.0. The Hall–Kier alpha value is -4.22. The highest BCUT2D eigenvalue weighted by atomic mass is 35.5. The van der Waals surface area contributed by atoms with Crippen molar-refractivity contribution in [3.8, 4) is 11.5 Å². The maximum atomic E-state index is 13.1. The number of β-amino-alcohol motifs (C(OH)–C–C–N with tert-alkyl or cyclic N) is 1. The van der Waals surface area contributed by atoms with Gasteiger partial charge in [-0.1, -0.05) is 24.3 Å². The summed E-state index contributed by atoms with van der Waals surface area (Å²) in [5, 5.41) is 40.9. The number of ether oxygens (including phenoxy) is 3. The monoisotopic (exact) mass is 725 g/mol. The molecular weight excluding hydrogens is 684 g/mol. The molecule has 1 heterocycles. The average Bonchev–Trinajstić information content (AvgIpc) is 3.01.